The summed E-state index contributed by atoms with van der Waals surface area (Å²) in [5, 5.41) is 0. The molecule has 1 saturated heterocycles. The van der Waals surface area contributed by atoms with Crippen molar-refractivity contribution in [1.82, 2.24) is 9.47 Å². The molecule has 1 aliphatic rings. The Labute approximate surface area is 148 Å². The number of hydrogen-bond donors (Lipinski definition) is 1. The Kier molecular flexibility index (Phi) is 5.23. The summed E-state index contributed by atoms with van der Waals surface area (Å²) in [4.78, 5) is 14.6. The summed E-state index contributed by atoms with van der Waals surface area (Å²) < 4.78 is 15.4. The Hall–Kier alpha value is -2.14. The van der Waals surface area contributed by atoms with Gasteiger partial charge in [0.25, 0.3) is 5.91 Å². The molecule has 1 aromatic heterocycles. The van der Waals surface area contributed by atoms with E-state index in [1.807, 2.05) is 13.8 Å². The van der Waals surface area contributed by atoms with Gasteiger partial charge in [0.2, 0.25) is 0 Å². The highest BCUT2D eigenvalue weighted by Crippen LogP contribution is 2.32. The molecule has 2 heterocycles. The molecule has 134 valence electrons. The summed E-state index contributed by atoms with van der Waals surface area (Å²) >= 11 is 0. The van der Waals surface area contributed by atoms with Gasteiger partial charge < -0.3 is 15.2 Å². The van der Waals surface area contributed by atoms with Crippen LogP contribution in [0.1, 0.15) is 41.0 Å². The number of carbonyl (C=O) groups is 1. The fraction of sp³-hybridized carbons (Fsp3) is 0.450. The Bertz CT molecular complexity index is 758. The molecular formula is C20H26FN3O. The molecule has 0 bridgehead atoms. The second kappa shape index (κ2) is 7.40. The van der Waals surface area contributed by atoms with Crippen molar-refractivity contribution in [2.75, 3.05) is 19.6 Å². The number of nitrogens with two attached hydrogens (primary N) is 1. The topological polar surface area (TPSA) is 51.3 Å². The van der Waals surface area contributed by atoms with Crippen LogP contribution < -0.4 is 5.73 Å². The second-order valence-electron chi connectivity index (χ2n) is 6.85. The number of amides is 1. The predicted molar refractivity (Wildman–Crippen MR) is 98.1 cm³/mol. The van der Waals surface area contributed by atoms with Gasteiger partial charge in [0.15, 0.2) is 0 Å². The maximum absolute atomic E-state index is 13.3. The maximum atomic E-state index is 13.3. The molecule has 2 N–H and O–H groups in total. The average molecular weight is 343 g/mol. The molecule has 0 atom stereocenters. The third-order valence-corrected chi connectivity index (χ3v) is 5.25. The van der Waals surface area contributed by atoms with E-state index >= 15 is 0 Å². The van der Waals surface area contributed by atoms with Crippen LogP contribution in [0.5, 0.6) is 0 Å². The van der Waals surface area contributed by atoms with Crippen molar-refractivity contribution in [1.29, 1.82) is 0 Å². The Morgan fingerprint density at radius 3 is 2.28 bits per heavy atom. The van der Waals surface area contributed by atoms with Crippen molar-refractivity contribution in [2.24, 2.45) is 5.73 Å². The van der Waals surface area contributed by atoms with Crippen LogP contribution in [-0.2, 0) is 6.54 Å². The van der Waals surface area contributed by atoms with Gasteiger partial charge in [-0.2, -0.15) is 0 Å². The number of aromatic nitrogens is 1. The molecule has 25 heavy (non-hydrogen) atoms. The largest absolute Gasteiger partial charge is 0.366 e. The van der Waals surface area contributed by atoms with Crippen LogP contribution in [-0.4, -0.2) is 35.0 Å². The van der Waals surface area contributed by atoms with E-state index in [1.165, 1.54) is 31.4 Å². The van der Waals surface area contributed by atoms with Gasteiger partial charge in [-0.15, -0.1) is 0 Å². The summed E-state index contributed by atoms with van der Waals surface area (Å²) in [5.41, 5.74) is 9.76. The monoisotopic (exact) mass is 343 g/mol. The highest BCUT2D eigenvalue weighted by atomic mass is 19.1. The van der Waals surface area contributed by atoms with Crippen LogP contribution in [0.15, 0.2) is 24.3 Å². The fourth-order valence-electron chi connectivity index (χ4n) is 3.91. The molecule has 0 saturated carbocycles. The summed E-state index contributed by atoms with van der Waals surface area (Å²) in [7, 11) is 0. The Morgan fingerprint density at radius 1 is 1.04 bits per heavy atom. The Balaban J connectivity index is 1.94. The molecule has 0 radical (unpaired) electrons. The van der Waals surface area contributed by atoms with Gasteiger partial charge in [-0.25, -0.2) is 4.39 Å². The first-order chi connectivity index (χ1) is 12.0. The molecule has 5 heteroatoms. The number of nitrogens with zero attached hydrogens (tertiary/aromatic N) is 2. The Morgan fingerprint density at radius 2 is 1.68 bits per heavy atom. The minimum absolute atomic E-state index is 0.289. The minimum Gasteiger partial charge on any atom is -0.366 e. The molecule has 0 unspecified atom stereocenters. The molecule has 2 aromatic rings. The van der Waals surface area contributed by atoms with Gasteiger partial charge in [-0.3, -0.25) is 4.79 Å². The van der Waals surface area contributed by atoms with Crippen LogP contribution in [0, 0.1) is 19.7 Å². The standard InChI is InChI=1S/C20H26FN3O/c1-14-18(16-6-8-17(21)9-7-16)19(20(22)25)15(2)24(14)13-12-23-10-4-3-5-11-23/h6-9H,3-5,10-13H2,1-2H3,(H2,22,25). The van der Waals surface area contributed by atoms with Crippen LogP contribution in [0.3, 0.4) is 0 Å². The normalized spacial score (nSPS) is 15.5. The minimum atomic E-state index is -0.434. The quantitative estimate of drug-likeness (QED) is 0.903. The fourth-order valence-corrected chi connectivity index (χ4v) is 3.91. The van der Waals surface area contributed by atoms with E-state index in [0.29, 0.717) is 5.56 Å². The first-order valence-corrected chi connectivity index (χ1v) is 8.97. The number of likely N-dealkylation sites (tertiary alicyclic amines) is 1. The lowest BCUT2D eigenvalue weighted by Gasteiger charge is -2.27. The first-order valence-electron chi connectivity index (χ1n) is 8.97. The molecule has 1 amide bonds. The molecule has 0 aliphatic carbocycles. The van der Waals surface area contributed by atoms with Crippen molar-refractivity contribution >= 4 is 5.91 Å². The van der Waals surface area contributed by atoms with Crippen molar-refractivity contribution in [2.45, 2.75) is 39.7 Å². The zero-order chi connectivity index (χ0) is 18.0. The highest BCUT2D eigenvalue weighted by Gasteiger charge is 2.23. The van der Waals surface area contributed by atoms with Crippen LogP contribution >= 0.6 is 0 Å². The van der Waals surface area contributed by atoms with E-state index < -0.39 is 5.91 Å². The highest BCUT2D eigenvalue weighted by molar-refractivity contribution is 6.02. The van der Waals surface area contributed by atoms with Crippen LogP contribution in [0.2, 0.25) is 0 Å². The zero-order valence-electron chi connectivity index (χ0n) is 15.0. The van der Waals surface area contributed by atoms with Gasteiger partial charge in [0, 0.05) is 30.0 Å². The molecule has 3 rings (SSSR count). The number of primary amides is 1. The van der Waals surface area contributed by atoms with E-state index in [1.54, 1.807) is 12.1 Å². The van der Waals surface area contributed by atoms with E-state index in [-0.39, 0.29) is 5.82 Å². The summed E-state index contributed by atoms with van der Waals surface area (Å²) in [6, 6.07) is 6.25. The lowest BCUT2D eigenvalue weighted by atomic mass is 10.00. The number of rotatable bonds is 5. The third kappa shape index (κ3) is 3.61. The number of piperidine rings is 1. The molecule has 1 aromatic carbocycles. The lowest BCUT2D eigenvalue weighted by molar-refractivity contribution is 0.1000. The SMILES string of the molecule is Cc1c(C(N)=O)c(-c2ccc(F)cc2)c(C)n1CCN1CCCCC1. The second-order valence-corrected chi connectivity index (χ2v) is 6.85. The zero-order valence-corrected chi connectivity index (χ0v) is 15.0. The van der Waals surface area contributed by atoms with E-state index in [9.17, 15) is 9.18 Å². The van der Waals surface area contributed by atoms with Gasteiger partial charge in [-0.1, -0.05) is 18.6 Å². The van der Waals surface area contributed by atoms with Crippen molar-refractivity contribution in [3.05, 3.63) is 47.0 Å². The van der Waals surface area contributed by atoms with E-state index in [2.05, 4.69) is 9.47 Å². The van der Waals surface area contributed by atoms with E-state index in [4.69, 9.17) is 5.73 Å². The maximum Gasteiger partial charge on any atom is 0.251 e. The predicted octanol–water partition coefficient (Wildman–Crippen LogP) is 3.50. The molecule has 4 nitrogen and oxygen atoms in total. The van der Waals surface area contributed by atoms with Gasteiger partial charge in [0.1, 0.15) is 5.82 Å². The first kappa shape index (κ1) is 17.7. The smallest absolute Gasteiger partial charge is 0.251 e. The van der Waals surface area contributed by atoms with Gasteiger partial charge >= 0.3 is 0 Å². The third-order valence-electron chi connectivity index (χ3n) is 5.25. The van der Waals surface area contributed by atoms with Gasteiger partial charge in [0.05, 0.1) is 5.56 Å². The summed E-state index contributed by atoms with van der Waals surface area (Å²) in [6.45, 7) is 8.04. The molecular weight excluding hydrogens is 317 g/mol. The lowest BCUT2D eigenvalue weighted by Crippen LogP contribution is -2.32. The van der Waals surface area contributed by atoms with Gasteiger partial charge in [-0.05, 0) is 57.5 Å². The van der Waals surface area contributed by atoms with Crippen LogP contribution in [0.4, 0.5) is 4.39 Å². The average Bonchev–Trinajstić information content (AvgIpc) is 2.85. The van der Waals surface area contributed by atoms with Crippen molar-refractivity contribution < 1.29 is 9.18 Å². The number of benzene rings is 1. The number of halogens is 1. The molecule has 1 fully saturated rings. The van der Waals surface area contributed by atoms with Crippen LogP contribution in [0.25, 0.3) is 11.1 Å². The van der Waals surface area contributed by atoms with Crippen molar-refractivity contribution in [3.63, 3.8) is 0 Å². The van der Waals surface area contributed by atoms with Crippen molar-refractivity contribution in [3.8, 4) is 11.1 Å². The molecule has 1 aliphatic heterocycles. The summed E-state index contributed by atoms with van der Waals surface area (Å²) in [6.07, 6.45) is 3.84. The number of hydrogen-bond acceptors (Lipinski definition) is 2. The number of carbonyl (C=O) groups excluding carboxylic acids is 1. The van der Waals surface area contributed by atoms with E-state index in [0.717, 1.165) is 48.7 Å². The molecule has 0 spiro atoms. The summed E-state index contributed by atoms with van der Waals surface area (Å²) in [5.74, 6) is -0.722.